The average Bonchev–Trinajstić information content (AvgIpc) is 3.67. The lowest BCUT2D eigenvalue weighted by Gasteiger charge is -2.35. The van der Waals surface area contributed by atoms with Crippen LogP contribution in [-0.2, 0) is 6.54 Å². The zero-order valence-corrected chi connectivity index (χ0v) is 16.2. The van der Waals surface area contributed by atoms with Gasteiger partial charge in [0.25, 0.3) is 0 Å². The molecule has 0 N–H and O–H groups in total. The molecule has 2 saturated carbocycles. The van der Waals surface area contributed by atoms with Crippen molar-refractivity contribution < 1.29 is 4.74 Å². The van der Waals surface area contributed by atoms with Crippen LogP contribution in [0.1, 0.15) is 42.4 Å². The van der Waals surface area contributed by atoms with Crippen LogP contribution in [0.5, 0.6) is 5.75 Å². The monoisotopic (exact) mass is 374 g/mol. The number of hydrogen-bond acceptors (Lipinski definition) is 5. The number of rotatable bonds is 5. The van der Waals surface area contributed by atoms with E-state index in [0.29, 0.717) is 6.10 Å². The summed E-state index contributed by atoms with van der Waals surface area (Å²) in [5.74, 6) is 2.05. The minimum absolute atomic E-state index is 0.418. The Morgan fingerprint density at radius 1 is 0.929 bits per heavy atom. The largest absolute Gasteiger partial charge is 0.490 e. The van der Waals surface area contributed by atoms with Crippen molar-refractivity contribution in [3.05, 3.63) is 53.2 Å². The Morgan fingerprint density at radius 2 is 1.79 bits per heavy atom. The molecule has 4 aliphatic rings. The summed E-state index contributed by atoms with van der Waals surface area (Å²) in [6, 6.07) is 11.6. The van der Waals surface area contributed by atoms with Gasteiger partial charge in [-0.25, -0.2) is 4.98 Å². The number of anilines is 1. The number of pyridine rings is 1. The molecule has 28 heavy (non-hydrogen) atoms. The van der Waals surface area contributed by atoms with Crippen molar-refractivity contribution in [1.29, 1.82) is 0 Å². The Morgan fingerprint density at radius 3 is 2.57 bits per heavy atom. The molecule has 1 aromatic carbocycles. The maximum atomic E-state index is 6.01. The van der Waals surface area contributed by atoms with Gasteiger partial charge in [-0.05, 0) is 55.5 Å². The smallest absolute Gasteiger partial charge is 0.129 e. The molecule has 0 unspecified atom stereocenters. The zero-order chi connectivity index (χ0) is 18.5. The van der Waals surface area contributed by atoms with Crippen molar-refractivity contribution in [3.8, 4) is 5.75 Å². The molecule has 0 radical (unpaired) electrons. The van der Waals surface area contributed by atoms with Crippen molar-refractivity contribution in [2.24, 2.45) is 4.99 Å². The van der Waals surface area contributed by atoms with Crippen molar-refractivity contribution >= 4 is 11.5 Å². The van der Waals surface area contributed by atoms with Crippen LogP contribution in [0.2, 0.25) is 0 Å². The SMILES string of the molecule is c1cc(C2=NCc3ccc(OC4CC4)cc32)cc(N2CCN(C3CC3)CC2)n1. The van der Waals surface area contributed by atoms with E-state index in [1.807, 2.05) is 6.20 Å². The van der Waals surface area contributed by atoms with Crippen molar-refractivity contribution in [2.45, 2.75) is 44.4 Å². The highest BCUT2D eigenvalue weighted by Gasteiger charge is 2.31. The minimum Gasteiger partial charge on any atom is -0.490 e. The lowest BCUT2D eigenvalue weighted by Crippen LogP contribution is -2.47. The summed E-state index contributed by atoms with van der Waals surface area (Å²) >= 11 is 0. The molecule has 0 spiro atoms. The number of ether oxygens (including phenoxy) is 1. The van der Waals surface area contributed by atoms with E-state index < -0.39 is 0 Å². The fraction of sp³-hybridized carbons (Fsp3) is 0.478. The van der Waals surface area contributed by atoms with E-state index in [4.69, 9.17) is 9.73 Å². The maximum absolute atomic E-state index is 6.01. The van der Waals surface area contributed by atoms with E-state index in [2.05, 4.69) is 45.1 Å². The van der Waals surface area contributed by atoms with Gasteiger partial charge in [-0.15, -0.1) is 0 Å². The number of nitrogens with zero attached hydrogens (tertiary/aromatic N) is 4. The number of aliphatic imine (C=N–C) groups is 1. The number of piperazine rings is 1. The Bertz CT molecular complexity index is 924. The molecule has 0 amide bonds. The highest BCUT2D eigenvalue weighted by Crippen LogP contribution is 2.32. The Balaban J connectivity index is 1.23. The molecule has 0 atom stereocenters. The van der Waals surface area contributed by atoms with Crippen molar-refractivity contribution in [2.75, 3.05) is 31.1 Å². The van der Waals surface area contributed by atoms with Crippen LogP contribution in [-0.4, -0.2) is 53.9 Å². The summed E-state index contributed by atoms with van der Waals surface area (Å²) < 4.78 is 6.01. The lowest BCUT2D eigenvalue weighted by atomic mass is 10.0. The third-order valence-electron chi connectivity index (χ3n) is 6.29. The molecular weight excluding hydrogens is 348 g/mol. The first-order valence-electron chi connectivity index (χ1n) is 10.6. The standard InChI is InChI=1S/C23H26N4O/c1-4-20(28-19-5-6-19)14-21-17(1)15-25-23(21)16-7-8-24-22(13-16)27-11-9-26(10-12-27)18-2-3-18/h1,4,7-8,13-14,18-19H,2-3,5-6,9-12,15H2. The van der Waals surface area contributed by atoms with Gasteiger partial charge in [-0.3, -0.25) is 9.89 Å². The molecule has 3 heterocycles. The number of benzene rings is 1. The first-order chi connectivity index (χ1) is 13.8. The summed E-state index contributed by atoms with van der Waals surface area (Å²) in [6.07, 6.45) is 7.49. The molecule has 2 aromatic rings. The van der Waals surface area contributed by atoms with Gasteiger partial charge in [0.15, 0.2) is 0 Å². The Hall–Kier alpha value is -2.40. The molecule has 2 aliphatic heterocycles. The Labute approximate surface area is 166 Å². The van der Waals surface area contributed by atoms with Gasteiger partial charge < -0.3 is 9.64 Å². The third kappa shape index (κ3) is 3.18. The Kier molecular flexibility index (Phi) is 3.89. The van der Waals surface area contributed by atoms with Crippen LogP contribution in [0.25, 0.3) is 0 Å². The van der Waals surface area contributed by atoms with Crippen LogP contribution < -0.4 is 9.64 Å². The molecule has 2 aliphatic carbocycles. The van der Waals surface area contributed by atoms with Gasteiger partial charge in [0.05, 0.1) is 18.4 Å². The van der Waals surface area contributed by atoms with Crippen LogP contribution in [0, 0.1) is 0 Å². The minimum atomic E-state index is 0.418. The van der Waals surface area contributed by atoms with Gasteiger partial charge in [-0.1, -0.05) is 6.07 Å². The van der Waals surface area contributed by atoms with Gasteiger partial charge in [-0.2, -0.15) is 0 Å². The van der Waals surface area contributed by atoms with Crippen LogP contribution >= 0.6 is 0 Å². The summed E-state index contributed by atoms with van der Waals surface area (Å²) in [5.41, 5.74) is 4.75. The summed E-state index contributed by atoms with van der Waals surface area (Å²) in [5, 5.41) is 0. The molecule has 6 rings (SSSR count). The van der Waals surface area contributed by atoms with Crippen molar-refractivity contribution in [3.63, 3.8) is 0 Å². The maximum Gasteiger partial charge on any atom is 0.129 e. The predicted octanol–water partition coefficient (Wildman–Crippen LogP) is 3.26. The van der Waals surface area contributed by atoms with Gasteiger partial charge >= 0.3 is 0 Å². The second kappa shape index (κ2) is 6.59. The van der Waals surface area contributed by atoms with E-state index in [-0.39, 0.29) is 0 Å². The topological polar surface area (TPSA) is 41.0 Å². The number of aromatic nitrogens is 1. The first kappa shape index (κ1) is 16.5. The first-order valence-corrected chi connectivity index (χ1v) is 10.6. The molecule has 5 heteroatoms. The van der Waals surface area contributed by atoms with Crippen LogP contribution in [0.3, 0.4) is 0 Å². The second-order valence-corrected chi connectivity index (χ2v) is 8.46. The van der Waals surface area contributed by atoms with Gasteiger partial charge in [0.1, 0.15) is 11.6 Å². The number of hydrogen-bond donors (Lipinski definition) is 0. The fourth-order valence-electron chi connectivity index (χ4n) is 4.36. The van der Waals surface area contributed by atoms with Crippen LogP contribution in [0.15, 0.2) is 41.5 Å². The number of fused-ring (bicyclic) bond motifs is 1. The molecule has 1 saturated heterocycles. The summed E-state index contributed by atoms with van der Waals surface area (Å²) in [4.78, 5) is 14.6. The predicted molar refractivity (Wildman–Crippen MR) is 110 cm³/mol. The fourth-order valence-corrected chi connectivity index (χ4v) is 4.36. The molecule has 5 nitrogen and oxygen atoms in total. The van der Waals surface area contributed by atoms with E-state index in [0.717, 1.165) is 61.6 Å². The van der Waals surface area contributed by atoms with E-state index in [1.165, 1.54) is 36.8 Å². The van der Waals surface area contributed by atoms with Crippen LogP contribution in [0.4, 0.5) is 5.82 Å². The van der Waals surface area contributed by atoms with E-state index in [9.17, 15) is 0 Å². The molecule has 1 aromatic heterocycles. The van der Waals surface area contributed by atoms with E-state index >= 15 is 0 Å². The summed E-state index contributed by atoms with van der Waals surface area (Å²) in [7, 11) is 0. The highest BCUT2D eigenvalue weighted by atomic mass is 16.5. The normalized spacial score (nSPS) is 22.1. The summed E-state index contributed by atoms with van der Waals surface area (Å²) in [6.45, 7) is 5.20. The molecule has 0 bridgehead atoms. The highest BCUT2D eigenvalue weighted by molar-refractivity contribution is 6.15. The average molecular weight is 374 g/mol. The molecule has 144 valence electrons. The van der Waals surface area contributed by atoms with Crippen molar-refractivity contribution in [1.82, 2.24) is 9.88 Å². The molecule has 3 fully saturated rings. The second-order valence-electron chi connectivity index (χ2n) is 8.46. The quantitative estimate of drug-likeness (QED) is 0.806. The van der Waals surface area contributed by atoms with E-state index in [1.54, 1.807) is 0 Å². The third-order valence-corrected chi connectivity index (χ3v) is 6.29. The van der Waals surface area contributed by atoms with Gasteiger partial charge in [0.2, 0.25) is 0 Å². The lowest BCUT2D eigenvalue weighted by molar-refractivity contribution is 0.247. The molecular formula is C23H26N4O. The zero-order valence-electron chi connectivity index (χ0n) is 16.2. The van der Waals surface area contributed by atoms with Gasteiger partial charge in [0, 0.05) is 49.5 Å².